The summed E-state index contributed by atoms with van der Waals surface area (Å²) >= 11 is 0. The van der Waals surface area contributed by atoms with Gasteiger partial charge in [0.25, 0.3) is 0 Å². The predicted octanol–water partition coefficient (Wildman–Crippen LogP) is 6.03. The van der Waals surface area contributed by atoms with Crippen molar-refractivity contribution in [3.05, 3.63) is 66.2 Å². The van der Waals surface area contributed by atoms with E-state index in [1.54, 1.807) is 0 Å². The fourth-order valence-corrected chi connectivity index (χ4v) is 3.53. The van der Waals surface area contributed by atoms with E-state index in [4.69, 9.17) is 0 Å². The molecular weight excluding hydrogens is 445 g/mol. The van der Waals surface area contributed by atoms with Crippen molar-refractivity contribution >= 4 is 17.2 Å². The first kappa shape index (κ1) is 21.1. The van der Waals surface area contributed by atoms with Gasteiger partial charge in [-0.15, -0.1) is 0 Å². The number of ether oxygens (including phenoxy) is 1. The summed E-state index contributed by atoms with van der Waals surface area (Å²) in [4.78, 5) is 13.3. The first-order valence-electron chi connectivity index (χ1n) is 10.0. The number of fused-ring (bicyclic) bond motifs is 1. The van der Waals surface area contributed by atoms with Crippen LogP contribution in [0.2, 0.25) is 0 Å². The number of hydrogen-bond acceptors (Lipinski definition) is 5. The summed E-state index contributed by atoms with van der Waals surface area (Å²) in [5, 5.41) is 3.01. The zero-order valence-corrected chi connectivity index (χ0v) is 16.9. The molecule has 3 heterocycles. The van der Waals surface area contributed by atoms with Gasteiger partial charge in [-0.2, -0.15) is 22.0 Å². The molecule has 3 aromatic heterocycles. The lowest BCUT2D eigenvalue weighted by Crippen LogP contribution is -2.07. The Kier molecular flexibility index (Phi) is 5.10. The summed E-state index contributed by atoms with van der Waals surface area (Å²) in [6.45, 7) is -2.92. The highest BCUT2D eigenvalue weighted by Crippen LogP contribution is 2.44. The second-order valence-corrected chi connectivity index (χ2v) is 7.58. The molecule has 170 valence electrons. The maximum atomic E-state index is 13.3. The fraction of sp³-hybridized carbons (Fsp3) is 0.227. The second-order valence-electron chi connectivity index (χ2n) is 7.58. The van der Waals surface area contributed by atoms with Crippen molar-refractivity contribution in [2.24, 2.45) is 0 Å². The molecule has 1 aliphatic carbocycles. The van der Waals surface area contributed by atoms with Gasteiger partial charge < -0.3 is 10.1 Å². The summed E-state index contributed by atoms with van der Waals surface area (Å²) < 4.78 is 70.3. The molecule has 11 heteroatoms. The highest BCUT2D eigenvalue weighted by Gasteiger charge is 2.34. The summed E-state index contributed by atoms with van der Waals surface area (Å²) in [7, 11) is 0. The average molecular weight is 461 g/mol. The molecule has 4 aromatic rings. The SMILES string of the molecule is FC(F)Oc1ccc(Nc2cncc(-c3c(C4CC4)nc4ccc(C(F)(F)F)cn34)n2)cc1. The molecule has 0 radical (unpaired) electrons. The van der Waals surface area contributed by atoms with E-state index in [2.05, 4.69) is 25.0 Å². The molecule has 0 bridgehead atoms. The number of pyridine rings is 1. The number of nitrogens with zero attached hydrogens (tertiary/aromatic N) is 4. The Bertz CT molecular complexity index is 1300. The third kappa shape index (κ3) is 4.43. The van der Waals surface area contributed by atoms with Crippen LogP contribution >= 0.6 is 0 Å². The van der Waals surface area contributed by atoms with Gasteiger partial charge >= 0.3 is 12.8 Å². The number of halogens is 5. The number of imidazole rings is 1. The maximum Gasteiger partial charge on any atom is 0.417 e. The van der Waals surface area contributed by atoms with Crippen LogP contribution in [0.3, 0.4) is 0 Å². The number of aromatic nitrogens is 4. The first-order chi connectivity index (χ1) is 15.8. The molecule has 33 heavy (non-hydrogen) atoms. The van der Waals surface area contributed by atoms with Crippen molar-refractivity contribution in [2.75, 3.05) is 5.32 Å². The molecule has 1 aromatic carbocycles. The van der Waals surface area contributed by atoms with E-state index >= 15 is 0 Å². The fourth-order valence-electron chi connectivity index (χ4n) is 3.53. The van der Waals surface area contributed by atoms with Gasteiger partial charge in [0.05, 0.1) is 29.3 Å². The van der Waals surface area contributed by atoms with Crippen LogP contribution < -0.4 is 10.1 Å². The quantitative estimate of drug-likeness (QED) is 0.355. The minimum absolute atomic E-state index is 0.00987. The molecule has 1 saturated carbocycles. The van der Waals surface area contributed by atoms with Crippen molar-refractivity contribution < 1.29 is 26.7 Å². The highest BCUT2D eigenvalue weighted by atomic mass is 19.4. The van der Waals surface area contributed by atoms with Crippen LogP contribution in [0.5, 0.6) is 5.75 Å². The molecule has 5 rings (SSSR count). The molecule has 1 fully saturated rings. The van der Waals surface area contributed by atoms with Gasteiger partial charge in [0.15, 0.2) is 0 Å². The van der Waals surface area contributed by atoms with Crippen molar-refractivity contribution in [3.8, 4) is 17.1 Å². The van der Waals surface area contributed by atoms with Crippen molar-refractivity contribution in [2.45, 2.75) is 31.5 Å². The number of anilines is 2. The van der Waals surface area contributed by atoms with Crippen molar-refractivity contribution in [3.63, 3.8) is 0 Å². The Morgan fingerprint density at radius 3 is 2.42 bits per heavy atom. The molecule has 0 spiro atoms. The predicted molar refractivity (Wildman–Crippen MR) is 110 cm³/mol. The van der Waals surface area contributed by atoms with Crippen LogP contribution in [0.4, 0.5) is 33.5 Å². The lowest BCUT2D eigenvalue weighted by atomic mass is 10.2. The molecule has 0 atom stereocenters. The Balaban J connectivity index is 1.51. The smallest absolute Gasteiger partial charge is 0.417 e. The Morgan fingerprint density at radius 2 is 1.76 bits per heavy atom. The van der Waals surface area contributed by atoms with Crippen LogP contribution in [-0.2, 0) is 6.18 Å². The van der Waals surface area contributed by atoms with Gasteiger partial charge in [0.2, 0.25) is 0 Å². The molecule has 0 amide bonds. The number of benzene rings is 1. The van der Waals surface area contributed by atoms with Crippen LogP contribution in [0.1, 0.15) is 30.0 Å². The van der Waals surface area contributed by atoms with E-state index in [9.17, 15) is 22.0 Å². The lowest BCUT2D eigenvalue weighted by Gasteiger charge is -2.11. The highest BCUT2D eigenvalue weighted by molar-refractivity contribution is 5.67. The van der Waals surface area contributed by atoms with Crippen LogP contribution in [0.15, 0.2) is 55.0 Å². The van der Waals surface area contributed by atoms with E-state index in [1.807, 2.05) is 0 Å². The molecule has 0 saturated heterocycles. The molecule has 1 N–H and O–H groups in total. The van der Waals surface area contributed by atoms with Gasteiger partial charge in [0, 0.05) is 17.8 Å². The van der Waals surface area contributed by atoms with E-state index in [0.29, 0.717) is 34.2 Å². The minimum Gasteiger partial charge on any atom is -0.435 e. The summed E-state index contributed by atoms with van der Waals surface area (Å²) in [5.74, 6) is 0.504. The molecule has 1 aliphatic rings. The van der Waals surface area contributed by atoms with Crippen LogP contribution in [-0.4, -0.2) is 26.0 Å². The minimum atomic E-state index is -4.50. The number of nitrogens with one attached hydrogen (secondary N) is 1. The van der Waals surface area contributed by atoms with Gasteiger partial charge in [0.1, 0.15) is 22.9 Å². The number of hydrogen-bond donors (Lipinski definition) is 1. The first-order valence-corrected chi connectivity index (χ1v) is 10.0. The lowest BCUT2D eigenvalue weighted by molar-refractivity contribution is -0.137. The zero-order chi connectivity index (χ0) is 23.2. The van der Waals surface area contributed by atoms with E-state index in [0.717, 1.165) is 25.1 Å². The van der Waals surface area contributed by atoms with Gasteiger partial charge in [-0.05, 0) is 49.2 Å². The number of alkyl halides is 5. The largest absolute Gasteiger partial charge is 0.435 e. The topological polar surface area (TPSA) is 64.3 Å². The standard InChI is InChI=1S/C22H16F5N5O/c23-21(24)33-15-6-4-14(5-7-15)29-17-10-28-9-16(30-17)20-19(12-1-2-12)31-18-8-3-13(11-32(18)20)22(25,26)27/h3-12,21H,1-2H2,(H,29,30). The summed E-state index contributed by atoms with van der Waals surface area (Å²) in [5.41, 5.74) is 1.68. The third-order valence-corrected chi connectivity index (χ3v) is 5.17. The van der Waals surface area contributed by atoms with Crippen LogP contribution in [0.25, 0.3) is 17.0 Å². The average Bonchev–Trinajstić information content (AvgIpc) is 3.54. The van der Waals surface area contributed by atoms with Gasteiger partial charge in [-0.1, -0.05) is 0 Å². The van der Waals surface area contributed by atoms with Gasteiger partial charge in [-0.3, -0.25) is 9.38 Å². The monoisotopic (exact) mass is 461 g/mol. The number of rotatable bonds is 6. The third-order valence-electron chi connectivity index (χ3n) is 5.17. The zero-order valence-electron chi connectivity index (χ0n) is 16.9. The molecule has 6 nitrogen and oxygen atoms in total. The summed E-state index contributed by atoms with van der Waals surface area (Å²) in [6.07, 6.45) is 1.26. The van der Waals surface area contributed by atoms with Gasteiger partial charge in [-0.25, -0.2) is 9.97 Å². The summed E-state index contributed by atoms with van der Waals surface area (Å²) in [6, 6.07) is 8.17. The Labute approximate surface area is 184 Å². The maximum absolute atomic E-state index is 13.3. The molecule has 0 unspecified atom stereocenters. The Morgan fingerprint density at radius 1 is 1.00 bits per heavy atom. The molecular formula is C22H16F5N5O. The van der Waals surface area contributed by atoms with Crippen molar-refractivity contribution in [1.82, 2.24) is 19.4 Å². The molecule has 0 aliphatic heterocycles. The van der Waals surface area contributed by atoms with Crippen molar-refractivity contribution in [1.29, 1.82) is 0 Å². The van der Waals surface area contributed by atoms with E-state index in [1.165, 1.54) is 47.1 Å². The van der Waals surface area contributed by atoms with Crippen LogP contribution in [0, 0.1) is 0 Å². The second kappa shape index (κ2) is 7.98. The Hall–Kier alpha value is -3.76. The van der Waals surface area contributed by atoms with E-state index < -0.39 is 18.4 Å². The van der Waals surface area contributed by atoms with E-state index in [-0.39, 0.29) is 11.7 Å². The normalized spacial score (nSPS) is 14.1.